The lowest BCUT2D eigenvalue weighted by atomic mass is 10.2. The SMILES string of the molecule is O=C(Nc1ccc(Cl)c(Cl)c1)c1ccc(NCc2ccc(F)cc2)nc1. The van der Waals surface area contributed by atoms with E-state index in [4.69, 9.17) is 23.2 Å². The van der Waals surface area contributed by atoms with E-state index in [2.05, 4.69) is 15.6 Å². The second-order valence-electron chi connectivity index (χ2n) is 5.50. The van der Waals surface area contributed by atoms with Crippen LogP contribution in [0.5, 0.6) is 0 Å². The van der Waals surface area contributed by atoms with Gasteiger partial charge < -0.3 is 10.6 Å². The Labute approximate surface area is 160 Å². The van der Waals surface area contributed by atoms with Crippen LogP contribution < -0.4 is 10.6 Å². The molecule has 0 saturated heterocycles. The number of aromatic nitrogens is 1. The third kappa shape index (κ3) is 4.71. The first-order valence-electron chi connectivity index (χ1n) is 7.72. The van der Waals surface area contributed by atoms with Gasteiger partial charge in [-0.05, 0) is 48.0 Å². The van der Waals surface area contributed by atoms with Gasteiger partial charge >= 0.3 is 0 Å². The van der Waals surface area contributed by atoms with E-state index in [0.29, 0.717) is 33.7 Å². The number of hydrogen-bond acceptors (Lipinski definition) is 3. The second-order valence-corrected chi connectivity index (χ2v) is 6.31. The van der Waals surface area contributed by atoms with Crippen molar-refractivity contribution in [2.24, 2.45) is 0 Å². The van der Waals surface area contributed by atoms with Gasteiger partial charge in [-0.25, -0.2) is 9.37 Å². The summed E-state index contributed by atoms with van der Waals surface area (Å²) >= 11 is 11.8. The Kier molecular flexibility index (Phi) is 5.71. The summed E-state index contributed by atoms with van der Waals surface area (Å²) in [7, 11) is 0. The topological polar surface area (TPSA) is 54.0 Å². The van der Waals surface area contributed by atoms with Crippen LogP contribution in [-0.4, -0.2) is 10.9 Å². The zero-order valence-corrected chi connectivity index (χ0v) is 15.0. The first-order chi connectivity index (χ1) is 12.5. The number of amides is 1. The summed E-state index contributed by atoms with van der Waals surface area (Å²) in [6.45, 7) is 0.502. The third-order valence-electron chi connectivity index (χ3n) is 3.59. The molecule has 0 radical (unpaired) electrons. The Morgan fingerprint density at radius 1 is 1.00 bits per heavy atom. The predicted octanol–water partition coefficient (Wildman–Crippen LogP) is 5.39. The van der Waals surface area contributed by atoms with Crippen molar-refractivity contribution < 1.29 is 9.18 Å². The van der Waals surface area contributed by atoms with Crippen molar-refractivity contribution >= 4 is 40.6 Å². The van der Waals surface area contributed by atoms with Crippen LogP contribution in [0.2, 0.25) is 10.0 Å². The Bertz CT molecular complexity index is 915. The number of nitrogens with one attached hydrogen (secondary N) is 2. The van der Waals surface area contributed by atoms with Crippen molar-refractivity contribution in [1.29, 1.82) is 0 Å². The lowest BCUT2D eigenvalue weighted by Gasteiger charge is -2.08. The van der Waals surface area contributed by atoms with Crippen molar-refractivity contribution in [2.45, 2.75) is 6.54 Å². The summed E-state index contributed by atoms with van der Waals surface area (Å²) in [6, 6.07) is 14.4. The molecule has 3 aromatic rings. The molecule has 4 nitrogen and oxygen atoms in total. The molecule has 132 valence electrons. The van der Waals surface area contributed by atoms with E-state index < -0.39 is 0 Å². The van der Waals surface area contributed by atoms with Gasteiger partial charge in [0.25, 0.3) is 5.91 Å². The van der Waals surface area contributed by atoms with Gasteiger partial charge in [0.15, 0.2) is 0 Å². The number of pyridine rings is 1. The molecule has 0 saturated carbocycles. The molecule has 7 heteroatoms. The average molecular weight is 390 g/mol. The molecular weight excluding hydrogens is 376 g/mol. The quantitative estimate of drug-likeness (QED) is 0.614. The fraction of sp³-hybridized carbons (Fsp3) is 0.0526. The maximum absolute atomic E-state index is 12.9. The molecule has 0 aliphatic heterocycles. The maximum atomic E-state index is 12.9. The Morgan fingerprint density at radius 2 is 1.77 bits per heavy atom. The molecule has 0 spiro atoms. The summed E-state index contributed by atoms with van der Waals surface area (Å²) in [5.41, 5.74) is 1.88. The summed E-state index contributed by atoms with van der Waals surface area (Å²) in [4.78, 5) is 16.5. The highest BCUT2D eigenvalue weighted by Crippen LogP contribution is 2.25. The minimum Gasteiger partial charge on any atom is -0.366 e. The van der Waals surface area contributed by atoms with E-state index >= 15 is 0 Å². The van der Waals surface area contributed by atoms with Crippen molar-refractivity contribution in [3.63, 3.8) is 0 Å². The monoisotopic (exact) mass is 389 g/mol. The fourth-order valence-electron chi connectivity index (χ4n) is 2.20. The minimum absolute atomic E-state index is 0.274. The molecule has 0 aliphatic rings. The van der Waals surface area contributed by atoms with Crippen LogP contribution in [0.25, 0.3) is 0 Å². The minimum atomic E-state index is -0.305. The summed E-state index contributed by atoms with van der Waals surface area (Å²) in [5.74, 6) is 0.0330. The molecule has 1 aromatic heterocycles. The van der Waals surface area contributed by atoms with Gasteiger partial charge in [-0.2, -0.15) is 0 Å². The van der Waals surface area contributed by atoms with Gasteiger partial charge in [-0.1, -0.05) is 35.3 Å². The number of hydrogen-bond donors (Lipinski definition) is 2. The van der Waals surface area contributed by atoms with Crippen molar-refractivity contribution in [1.82, 2.24) is 4.98 Å². The number of anilines is 2. The van der Waals surface area contributed by atoms with Gasteiger partial charge in [-0.3, -0.25) is 4.79 Å². The summed E-state index contributed by atoms with van der Waals surface area (Å²) < 4.78 is 12.9. The largest absolute Gasteiger partial charge is 0.366 e. The normalized spacial score (nSPS) is 10.4. The predicted molar refractivity (Wildman–Crippen MR) is 102 cm³/mol. The van der Waals surface area contributed by atoms with Crippen LogP contribution in [0.4, 0.5) is 15.9 Å². The van der Waals surface area contributed by atoms with Gasteiger partial charge in [0.1, 0.15) is 11.6 Å². The standard InChI is InChI=1S/C19H14Cl2FN3O/c20-16-7-6-15(9-17(16)21)25-19(26)13-3-8-18(24-11-13)23-10-12-1-4-14(22)5-2-12/h1-9,11H,10H2,(H,23,24)(H,25,26). The van der Waals surface area contributed by atoms with E-state index in [-0.39, 0.29) is 11.7 Å². The molecule has 1 heterocycles. The fourth-order valence-corrected chi connectivity index (χ4v) is 2.50. The molecule has 0 unspecified atom stereocenters. The number of benzene rings is 2. The molecule has 3 rings (SSSR count). The highest BCUT2D eigenvalue weighted by Gasteiger charge is 2.08. The van der Waals surface area contributed by atoms with E-state index in [1.807, 2.05) is 0 Å². The molecule has 1 amide bonds. The van der Waals surface area contributed by atoms with Crippen LogP contribution in [0.3, 0.4) is 0 Å². The van der Waals surface area contributed by atoms with Gasteiger partial charge in [0.05, 0.1) is 15.6 Å². The zero-order chi connectivity index (χ0) is 18.5. The summed E-state index contributed by atoms with van der Waals surface area (Å²) in [6.07, 6.45) is 1.47. The second kappa shape index (κ2) is 8.17. The molecule has 2 N–H and O–H groups in total. The number of carbonyl (C=O) groups excluding carboxylic acids is 1. The van der Waals surface area contributed by atoms with E-state index in [9.17, 15) is 9.18 Å². The van der Waals surface area contributed by atoms with E-state index in [1.54, 1.807) is 42.5 Å². The summed E-state index contributed by atoms with van der Waals surface area (Å²) in [5, 5.41) is 6.63. The van der Waals surface area contributed by atoms with Crippen LogP contribution in [-0.2, 0) is 6.54 Å². The highest BCUT2D eigenvalue weighted by atomic mass is 35.5. The third-order valence-corrected chi connectivity index (χ3v) is 4.33. The van der Waals surface area contributed by atoms with Gasteiger partial charge in [0, 0.05) is 18.4 Å². The average Bonchev–Trinajstić information content (AvgIpc) is 2.65. The number of carbonyl (C=O) groups is 1. The van der Waals surface area contributed by atoms with Crippen molar-refractivity contribution in [3.8, 4) is 0 Å². The van der Waals surface area contributed by atoms with Crippen LogP contribution in [0.15, 0.2) is 60.8 Å². The molecule has 0 fully saturated rings. The lowest BCUT2D eigenvalue weighted by molar-refractivity contribution is 0.102. The molecular formula is C19H14Cl2FN3O. The zero-order valence-electron chi connectivity index (χ0n) is 13.5. The van der Waals surface area contributed by atoms with Gasteiger partial charge in [0.2, 0.25) is 0 Å². The number of rotatable bonds is 5. The smallest absolute Gasteiger partial charge is 0.257 e. The Morgan fingerprint density at radius 3 is 2.42 bits per heavy atom. The first kappa shape index (κ1) is 18.2. The Balaban J connectivity index is 1.60. The molecule has 0 aliphatic carbocycles. The maximum Gasteiger partial charge on any atom is 0.257 e. The lowest BCUT2D eigenvalue weighted by Crippen LogP contribution is -2.12. The van der Waals surface area contributed by atoms with Crippen LogP contribution >= 0.6 is 23.2 Å². The van der Waals surface area contributed by atoms with Crippen LogP contribution in [0.1, 0.15) is 15.9 Å². The van der Waals surface area contributed by atoms with Crippen molar-refractivity contribution in [3.05, 3.63) is 87.8 Å². The van der Waals surface area contributed by atoms with Crippen molar-refractivity contribution in [2.75, 3.05) is 10.6 Å². The number of nitrogens with zero attached hydrogens (tertiary/aromatic N) is 1. The molecule has 0 atom stereocenters. The van der Waals surface area contributed by atoms with Gasteiger partial charge in [-0.15, -0.1) is 0 Å². The first-order valence-corrected chi connectivity index (χ1v) is 8.47. The Hall–Kier alpha value is -2.63. The highest BCUT2D eigenvalue weighted by molar-refractivity contribution is 6.42. The molecule has 0 bridgehead atoms. The van der Waals surface area contributed by atoms with E-state index in [0.717, 1.165) is 5.56 Å². The van der Waals surface area contributed by atoms with E-state index in [1.165, 1.54) is 18.3 Å². The molecule has 2 aromatic carbocycles. The number of halogens is 3. The van der Waals surface area contributed by atoms with Crippen LogP contribution in [0, 0.1) is 5.82 Å². The molecule has 26 heavy (non-hydrogen) atoms.